The van der Waals surface area contributed by atoms with E-state index in [0.29, 0.717) is 36.0 Å². The van der Waals surface area contributed by atoms with Gasteiger partial charge in [0, 0.05) is 26.2 Å². The maximum Gasteiger partial charge on any atom is 0.258 e. The molecule has 1 fully saturated rings. The predicted octanol–water partition coefficient (Wildman–Crippen LogP) is 2.81. The molecule has 0 saturated carbocycles. The Morgan fingerprint density at radius 1 is 1.20 bits per heavy atom. The standard InChI is InChI=1S/C18H22ClFN4O/c1-3-22-8-10-23(11-9-22)18(25)16-13(2)21-24(17(16)19)12-14-4-6-15(20)7-5-14/h4-7H,3,8-12H2,1-2H3. The first-order chi connectivity index (χ1) is 12.0. The maximum absolute atomic E-state index is 13.0. The van der Waals surface area contributed by atoms with E-state index < -0.39 is 0 Å². The molecule has 3 rings (SSSR count). The third-order valence-electron chi connectivity index (χ3n) is 4.63. The molecule has 2 aromatic rings. The van der Waals surface area contributed by atoms with Crippen LogP contribution in [-0.4, -0.2) is 58.2 Å². The van der Waals surface area contributed by atoms with Gasteiger partial charge in [-0.25, -0.2) is 9.07 Å². The number of piperazine rings is 1. The van der Waals surface area contributed by atoms with Crippen LogP contribution in [0.1, 0.15) is 28.5 Å². The van der Waals surface area contributed by atoms with Gasteiger partial charge in [0.1, 0.15) is 11.0 Å². The van der Waals surface area contributed by atoms with Crippen molar-refractivity contribution in [2.24, 2.45) is 0 Å². The van der Waals surface area contributed by atoms with Gasteiger partial charge in [0.05, 0.1) is 17.8 Å². The summed E-state index contributed by atoms with van der Waals surface area (Å²) < 4.78 is 14.6. The second-order valence-corrected chi connectivity index (χ2v) is 6.62. The lowest BCUT2D eigenvalue weighted by atomic mass is 10.2. The van der Waals surface area contributed by atoms with E-state index in [2.05, 4.69) is 16.9 Å². The third kappa shape index (κ3) is 3.85. The molecule has 0 bridgehead atoms. The van der Waals surface area contributed by atoms with Crippen molar-refractivity contribution in [3.05, 3.63) is 52.1 Å². The number of aryl methyl sites for hydroxylation is 1. The molecule has 0 atom stereocenters. The summed E-state index contributed by atoms with van der Waals surface area (Å²) in [4.78, 5) is 17.0. The van der Waals surface area contributed by atoms with Crippen LogP contribution in [0.2, 0.25) is 5.15 Å². The lowest BCUT2D eigenvalue weighted by molar-refractivity contribution is 0.0643. The fourth-order valence-electron chi connectivity index (χ4n) is 3.09. The number of halogens is 2. The Bertz CT molecular complexity index is 751. The number of likely N-dealkylation sites (N-methyl/N-ethyl adjacent to an activating group) is 1. The van der Waals surface area contributed by atoms with Crippen LogP contribution in [0.3, 0.4) is 0 Å². The lowest BCUT2D eigenvalue weighted by Crippen LogP contribution is -2.48. The molecule has 0 N–H and O–H groups in total. The molecule has 5 nitrogen and oxygen atoms in total. The Balaban J connectivity index is 1.77. The molecule has 1 amide bonds. The fourth-order valence-corrected chi connectivity index (χ4v) is 3.40. The molecule has 1 aliphatic rings. The summed E-state index contributed by atoms with van der Waals surface area (Å²) in [5.41, 5.74) is 1.96. The molecule has 1 aromatic carbocycles. The van der Waals surface area contributed by atoms with Crippen molar-refractivity contribution in [2.45, 2.75) is 20.4 Å². The summed E-state index contributed by atoms with van der Waals surface area (Å²) in [5.74, 6) is -0.350. The third-order valence-corrected chi connectivity index (χ3v) is 5.02. The molecule has 0 aliphatic carbocycles. The zero-order chi connectivity index (χ0) is 18.0. The molecule has 1 aromatic heterocycles. The van der Waals surface area contributed by atoms with Gasteiger partial charge in [0.2, 0.25) is 0 Å². The minimum Gasteiger partial charge on any atom is -0.336 e. The molecule has 7 heteroatoms. The van der Waals surface area contributed by atoms with Gasteiger partial charge in [-0.05, 0) is 31.2 Å². The number of rotatable bonds is 4. The van der Waals surface area contributed by atoms with Crippen LogP contribution in [0.25, 0.3) is 0 Å². The average molecular weight is 365 g/mol. The number of carbonyl (C=O) groups is 1. The SMILES string of the molecule is CCN1CCN(C(=O)c2c(C)nn(Cc3ccc(F)cc3)c2Cl)CC1. The first-order valence-electron chi connectivity index (χ1n) is 8.48. The fraction of sp³-hybridized carbons (Fsp3) is 0.444. The topological polar surface area (TPSA) is 41.4 Å². The molecule has 0 radical (unpaired) electrons. The maximum atomic E-state index is 13.0. The summed E-state index contributed by atoms with van der Waals surface area (Å²) in [6, 6.07) is 6.18. The number of amides is 1. The highest BCUT2D eigenvalue weighted by Gasteiger charge is 2.27. The Hall–Kier alpha value is -1.92. The van der Waals surface area contributed by atoms with Gasteiger partial charge in [-0.3, -0.25) is 4.79 Å². The number of hydrogen-bond acceptors (Lipinski definition) is 3. The molecular weight excluding hydrogens is 343 g/mol. The van der Waals surface area contributed by atoms with Gasteiger partial charge in [-0.15, -0.1) is 0 Å². The number of nitrogens with zero attached hydrogens (tertiary/aromatic N) is 4. The number of hydrogen-bond donors (Lipinski definition) is 0. The normalized spacial score (nSPS) is 15.6. The van der Waals surface area contributed by atoms with Crippen LogP contribution in [-0.2, 0) is 6.54 Å². The summed E-state index contributed by atoms with van der Waals surface area (Å²) in [5, 5.41) is 4.75. The highest BCUT2D eigenvalue weighted by Crippen LogP contribution is 2.23. The average Bonchev–Trinajstić information content (AvgIpc) is 2.90. The van der Waals surface area contributed by atoms with Crippen LogP contribution in [0, 0.1) is 12.7 Å². The number of carbonyl (C=O) groups excluding carboxylic acids is 1. The van der Waals surface area contributed by atoms with Gasteiger partial charge >= 0.3 is 0 Å². The number of benzene rings is 1. The van der Waals surface area contributed by atoms with E-state index in [1.807, 2.05) is 4.90 Å². The summed E-state index contributed by atoms with van der Waals surface area (Å²) in [7, 11) is 0. The zero-order valence-corrected chi connectivity index (χ0v) is 15.3. The zero-order valence-electron chi connectivity index (χ0n) is 14.5. The van der Waals surface area contributed by atoms with E-state index in [9.17, 15) is 9.18 Å². The van der Waals surface area contributed by atoms with Crippen LogP contribution in [0.4, 0.5) is 4.39 Å². The Morgan fingerprint density at radius 3 is 2.44 bits per heavy atom. The second-order valence-electron chi connectivity index (χ2n) is 6.26. The molecular formula is C18H22ClFN4O. The predicted molar refractivity (Wildman–Crippen MR) is 95.5 cm³/mol. The number of aromatic nitrogens is 2. The van der Waals surface area contributed by atoms with Crippen molar-refractivity contribution in [2.75, 3.05) is 32.7 Å². The largest absolute Gasteiger partial charge is 0.336 e. The van der Waals surface area contributed by atoms with Crippen molar-refractivity contribution >= 4 is 17.5 Å². The van der Waals surface area contributed by atoms with Crippen LogP contribution in [0.15, 0.2) is 24.3 Å². The smallest absolute Gasteiger partial charge is 0.258 e. The Kier molecular flexibility index (Phi) is 5.39. The monoisotopic (exact) mass is 364 g/mol. The van der Waals surface area contributed by atoms with Crippen LogP contribution in [0.5, 0.6) is 0 Å². The van der Waals surface area contributed by atoms with Crippen molar-refractivity contribution < 1.29 is 9.18 Å². The van der Waals surface area contributed by atoms with Gasteiger partial charge in [0.15, 0.2) is 0 Å². The van der Waals surface area contributed by atoms with Gasteiger partial charge in [-0.2, -0.15) is 5.10 Å². The van der Waals surface area contributed by atoms with Crippen LogP contribution >= 0.6 is 11.6 Å². The van der Waals surface area contributed by atoms with Crippen LogP contribution < -0.4 is 0 Å². The van der Waals surface area contributed by atoms with Gasteiger partial charge in [-0.1, -0.05) is 30.7 Å². The van der Waals surface area contributed by atoms with E-state index >= 15 is 0 Å². The molecule has 0 unspecified atom stereocenters. The van der Waals surface area contributed by atoms with E-state index in [1.54, 1.807) is 23.7 Å². The van der Waals surface area contributed by atoms with Crippen molar-refractivity contribution in [3.63, 3.8) is 0 Å². The summed E-state index contributed by atoms with van der Waals surface area (Å²) >= 11 is 6.45. The molecule has 0 spiro atoms. The highest BCUT2D eigenvalue weighted by atomic mass is 35.5. The summed E-state index contributed by atoms with van der Waals surface area (Å²) in [6.45, 7) is 8.47. The van der Waals surface area contributed by atoms with Gasteiger partial charge < -0.3 is 9.80 Å². The van der Waals surface area contributed by atoms with Crippen molar-refractivity contribution in [3.8, 4) is 0 Å². The van der Waals surface area contributed by atoms with E-state index in [4.69, 9.17) is 11.6 Å². The first-order valence-corrected chi connectivity index (χ1v) is 8.86. The second kappa shape index (κ2) is 7.54. The van der Waals surface area contributed by atoms with E-state index in [-0.39, 0.29) is 11.7 Å². The Labute approximate surface area is 152 Å². The van der Waals surface area contributed by atoms with E-state index in [1.165, 1.54) is 12.1 Å². The lowest BCUT2D eigenvalue weighted by Gasteiger charge is -2.34. The molecule has 1 aliphatic heterocycles. The molecule has 2 heterocycles. The Morgan fingerprint density at radius 2 is 1.84 bits per heavy atom. The quantitative estimate of drug-likeness (QED) is 0.837. The summed E-state index contributed by atoms with van der Waals surface area (Å²) in [6.07, 6.45) is 0. The van der Waals surface area contributed by atoms with Crippen molar-refractivity contribution in [1.29, 1.82) is 0 Å². The highest BCUT2D eigenvalue weighted by molar-refractivity contribution is 6.33. The minimum atomic E-state index is -0.284. The minimum absolute atomic E-state index is 0.0661. The van der Waals surface area contributed by atoms with Crippen molar-refractivity contribution in [1.82, 2.24) is 19.6 Å². The first kappa shape index (κ1) is 17.9. The van der Waals surface area contributed by atoms with Gasteiger partial charge in [0.25, 0.3) is 5.91 Å². The molecule has 1 saturated heterocycles. The molecule has 134 valence electrons. The van der Waals surface area contributed by atoms with E-state index in [0.717, 1.165) is 25.2 Å². The molecule has 25 heavy (non-hydrogen) atoms.